The zero-order chi connectivity index (χ0) is 21.8. The molecule has 3 saturated carbocycles. The largest absolute Gasteiger partial charge is 0.393 e. The lowest BCUT2D eigenvalue weighted by Crippen LogP contribution is -2.53. The third-order valence-electron chi connectivity index (χ3n) is 10.9. The van der Waals surface area contributed by atoms with E-state index in [2.05, 4.69) is 41.5 Å². The molecule has 0 radical (unpaired) electrons. The first-order chi connectivity index (χ1) is 14.1. The molecule has 9 atom stereocenters. The van der Waals surface area contributed by atoms with E-state index in [1.807, 2.05) is 6.08 Å². The van der Waals surface area contributed by atoms with Crippen LogP contribution < -0.4 is 0 Å². The summed E-state index contributed by atoms with van der Waals surface area (Å²) in [6, 6.07) is 0. The van der Waals surface area contributed by atoms with E-state index in [1.54, 1.807) is 0 Å². The highest BCUT2D eigenvalue weighted by atomic mass is 16.3. The van der Waals surface area contributed by atoms with Crippen molar-refractivity contribution in [2.45, 2.75) is 105 Å². The Hall–Kier alpha value is -0.630. The molecule has 0 spiro atoms. The SMILES string of the molecule is CC(C)[C@@H](C)CCC(C)[C@@H]1CCC2[C@@H]3C(=O)C=C4C[C@@H](O)CC[C@]4(C)[C@H]3CC[C@@]21C. The first-order valence-electron chi connectivity index (χ1n) is 13.0. The molecule has 0 aromatic heterocycles. The Labute approximate surface area is 185 Å². The first-order valence-corrected chi connectivity index (χ1v) is 13.0. The lowest BCUT2D eigenvalue weighted by Gasteiger charge is -2.57. The summed E-state index contributed by atoms with van der Waals surface area (Å²) in [5.41, 5.74) is 1.75. The van der Waals surface area contributed by atoms with Gasteiger partial charge >= 0.3 is 0 Å². The van der Waals surface area contributed by atoms with Crippen LogP contribution in [0, 0.1) is 52.3 Å². The molecular formula is C28H46O2. The average Bonchev–Trinajstić information content (AvgIpc) is 3.04. The van der Waals surface area contributed by atoms with E-state index >= 15 is 0 Å². The Morgan fingerprint density at radius 2 is 1.73 bits per heavy atom. The summed E-state index contributed by atoms with van der Waals surface area (Å²) in [5.74, 6) is 4.84. The highest BCUT2D eigenvalue weighted by Crippen LogP contribution is 2.66. The van der Waals surface area contributed by atoms with Crippen molar-refractivity contribution in [3.63, 3.8) is 0 Å². The van der Waals surface area contributed by atoms with Gasteiger partial charge in [-0.1, -0.05) is 60.0 Å². The maximum Gasteiger partial charge on any atom is 0.159 e. The van der Waals surface area contributed by atoms with E-state index < -0.39 is 0 Å². The normalized spacial score (nSPS) is 45.4. The smallest absolute Gasteiger partial charge is 0.159 e. The number of carbonyl (C=O) groups excluding carboxylic acids is 1. The van der Waals surface area contributed by atoms with Gasteiger partial charge in [0.25, 0.3) is 0 Å². The Kier molecular flexibility index (Phi) is 6.06. The zero-order valence-electron chi connectivity index (χ0n) is 20.4. The minimum absolute atomic E-state index is 0.148. The van der Waals surface area contributed by atoms with Crippen LogP contribution in [0.25, 0.3) is 0 Å². The van der Waals surface area contributed by atoms with Crippen molar-refractivity contribution in [3.8, 4) is 0 Å². The Balaban J connectivity index is 1.54. The molecule has 0 heterocycles. The fraction of sp³-hybridized carbons (Fsp3) is 0.893. The molecule has 0 bridgehead atoms. The molecule has 1 N–H and O–H groups in total. The molecule has 4 aliphatic rings. The van der Waals surface area contributed by atoms with Crippen molar-refractivity contribution in [1.82, 2.24) is 0 Å². The van der Waals surface area contributed by atoms with E-state index in [0.717, 1.165) is 42.9 Å². The standard InChI is InChI=1S/C28H46O2/c1-17(2)18(3)7-8-19(4)22-9-10-23-26-24(12-14-28(22,23)6)27(5)13-11-21(29)15-20(27)16-25(26)30/h16-19,21-24,26,29H,7-15H2,1-6H3/t18-,19?,21-,22-,23?,24-,26-,27-,28+/m0/s1. The fourth-order valence-electron chi connectivity index (χ4n) is 8.42. The minimum atomic E-state index is -0.243. The Morgan fingerprint density at radius 3 is 2.43 bits per heavy atom. The molecule has 0 aliphatic heterocycles. The van der Waals surface area contributed by atoms with Gasteiger partial charge in [0.05, 0.1) is 6.10 Å². The zero-order valence-corrected chi connectivity index (χ0v) is 20.4. The summed E-state index contributed by atoms with van der Waals surface area (Å²) in [7, 11) is 0. The second-order valence-corrected chi connectivity index (χ2v) is 12.6. The number of carbonyl (C=O) groups is 1. The van der Waals surface area contributed by atoms with Crippen molar-refractivity contribution in [2.24, 2.45) is 52.3 Å². The minimum Gasteiger partial charge on any atom is -0.393 e. The van der Waals surface area contributed by atoms with E-state index in [-0.39, 0.29) is 17.4 Å². The number of ketones is 1. The molecule has 170 valence electrons. The molecule has 0 aromatic carbocycles. The molecular weight excluding hydrogens is 368 g/mol. The van der Waals surface area contributed by atoms with Crippen LogP contribution in [0.4, 0.5) is 0 Å². The lowest BCUT2D eigenvalue weighted by molar-refractivity contribution is -0.135. The molecule has 0 amide bonds. The van der Waals surface area contributed by atoms with Crippen molar-refractivity contribution in [3.05, 3.63) is 11.6 Å². The molecule has 2 nitrogen and oxygen atoms in total. The lowest BCUT2D eigenvalue weighted by atomic mass is 9.46. The predicted molar refractivity (Wildman–Crippen MR) is 124 cm³/mol. The average molecular weight is 415 g/mol. The van der Waals surface area contributed by atoms with Gasteiger partial charge in [0.1, 0.15) is 0 Å². The highest BCUT2D eigenvalue weighted by molar-refractivity contribution is 5.94. The second-order valence-electron chi connectivity index (χ2n) is 12.6. The number of rotatable bonds is 5. The monoisotopic (exact) mass is 414 g/mol. The summed E-state index contributed by atoms with van der Waals surface area (Å²) in [4.78, 5) is 13.4. The van der Waals surface area contributed by atoms with Crippen LogP contribution in [0.1, 0.15) is 99.3 Å². The quantitative estimate of drug-likeness (QED) is 0.536. The van der Waals surface area contributed by atoms with Crippen molar-refractivity contribution in [1.29, 1.82) is 0 Å². The predicted octanol–water partition coefficient (Wildman–Crippen LogP) is 6.81. The summed E-state index contributed by atoms with van der Waals surface area (Å²) < 4.78 is 0. The molecule has 0 saturated heterocycles. The highest BCUT2D eigenvalue weighted by Gasteiger charge is 2.61. The third kappa shape index (κ3) is 3.54. The van der Waals surface area contributed by atoms with Crippen LogP contribution in [-0.2, 0) is 4.79 Å². The van der Waals surface area contributed by atoms with Crippen molar-refractivity contribution >= 4 is 5.78 Å². The number of hydrogen-bond acceptors (Lipinski definition) is 2. The van der Waals surface area contributed by atoms with Crippen LogP contribution >= 0.6 is 0 Å². The van der Waals surface area contributed by atoms with Gasteiger partial charge < -0.3 is 5.11 Å². The molecule has 4 aliphatic carbocycles. The second kappa shape index (κ2) is 8.05. The van der Waals surface area contributed by atoms with Crippen LogP contribution in [0.15, 0.2) is 11.6 Å². The number of aliphatic hydroxyl groups is 1. The Bertz CT molecular complexity index is 693. The van der Waals surface area contributed by atoms with Crippen LogP contribution in [-0.4, -0.2) is 17.0 Å². The van der Waals surface area contributed by atoms with Gasteiger partial charge in [-0.2, -0.15) is 0 Å². The molecule has 2 heteroatoms. The molecule has 4 rings (SSSR count). The molecule has 30 heavy (non-hydrogen) atoms. The number of allylic oxidation sites excluding steroid dienone is 1. The van der Waals surface area contributed by atoms with E-state index in [4.69, 9.17) is 0 Å². The molecule has 2 unspecified atom stereocenters. The summed E-state index contributed by atoms with van der Waals surface area (Å²) in [6.45, 7) is 14.6. The maximum atomic E-state index is 13.4. The van der Waals surface area contributed by atoms with Gasteiger partial charge in [-0.05, 0) is 97.4 Å². The van der Waals surface area contributed by atoms with Gasteiger partial charge in [-0.15, -0.1) is 0 Å². The molecule has 0 aromatic rings. The van der Waals surface area contributed by atoms with Gasteiger partial charge in [0, 0.05) is 5.92 Å². The van der Waals surface area contributed by atoms with Crippen LogP contribution in [0.2, 0.25) is 0 Å². The van der Waals surface area contributed by atoms with Gasteiger partial charge in [-0.3, -0.25) is 4.79 Å². The Morgan fingerprint density at radius 1 is 1.00 bits per heavy atom. The van der Waals surface area contributed by atoms with Crippen molar-refractivity contribution in [2.75, 3.05) is 0 Å². The molecule has 3 fully saturated rings. The van der Waals surface area contributed by atoms with Crippen molar-refractivity contribution < 1.29 is 9.90 Å². The van der Waals surface area contributed by atoms with Gasteiger partial charge in [0.2, 0.25) is 0 Å². The third-order valence-corrected chi connectivity index (χ3v) is 10.9. The van der Waals surface area contributed by atoms with Gasteiger partial charge in [-0.25, -0.2) is 0 Å². The van der Waals surface area contributed by atoms with E-state index in [9.17, 15) is 9.90 Å². The first kappa shape index (κ1) is 22.6. The van der Waals surface area contributed by atoms with Gasteiger partial charge in [0.15, 0.2) is 5.78 Å². The maximum absolute atomic E-state index is 13.4. The summed E-state index contributed by atoms with van der Waals surface area (Å²) in [6.07, 6.45) is 12.2. The van der Waals surface area contributed by atoms with Crippen LogP contribution in [0.3, 0.4) is 0 Å². The van der Waals surface area contributed by atoms with E-state index in [0.29, 0.717) is 23.0 Å². The summed E-state index contributed by atoms with van der Waals surface area (Å²) >= 11 is 0. The number of hydrogen-bond donors (Lipinski definition) is 1. The number of fused-ring (bicyclic) bond motifs is 5. The topological polar surface area (TPSA) is 37.3 Å². The number of aliphatic hydroxyl groups excluding tert-OH is 1. The van der Waals surface area contributed by atoms with Crippen LogP contribution in [0.5, 0.6) is 0 Å². The fourth-order valence-corrected chi connectivity index (χ4v) is 8.42. The summed E-state index contributed by atoms with van der Waals surface area (Å²) in [5, 5.41) is 10.2. The van der Waals surface area contributed by atoms with E-state index in [1.165, 1.54) is 44.1 Å².